The Kier molecular flexibility index (Phi) is 4.50. The average molecular weight is 283 g/mol. The monoisotopic (exact) mass is 282 g/mol. The smallest absolute Gasteiger partial charge is 0.158 e. The average Bonchev–Trinajstić information content (AvgIpc) is 2.87. The van der Waals surface area contributed by atoms with Crippen LogP contribution in [0.25, 0.3) is 11.2 Å². The number of fused-ring (bicyclic) bond motifs is 1. The Morgan fingerprint density at radius 2 is 2.11 bits per heavy atom. The van der Waals surface area contributed by atoms with Crippen LogP contribution in [0.2, 0.25) is 0 Å². The molecule has 19 heavy (non-hydrogen) atoms. The Balaban J connectivity index is 2.50. The van der Waals surface area contributed by atoms with Gasteiger partial charge in [0.15, 0.2) is 5.65 Å². The van der Waals surface area contributed by atoms with Crippen LogP contribution in [0.4, 0.5) is 0 Å². The molecule has 0 aliphatic carbocycles. The maximum atomic E-state index is 5.92. The van der Waals surface area contributed by atoms with Crippen molar-refractivity contribution in [3.63, 3.8) is 0 Å². The first-order valence-electron chi connectivity index (χ1n) is 7.06. The highest BCUT2D eigenvalue weighted by Crippen LogP contribution is 2.26. The van der Waals surface area contributed by atoms with Gasteiger partial charge in [0, 0.05) is 25.4 Å². The maximum absolute atomic E-state index is 5.92. The zero-order chi connectivity index (χ0) is 14.0. The molecule has 0 amide bonds. The molecule has 106 valence electrons. The van der Waals surface area contributed by atoms with Crippen LogP contribution in [-0.2, 0) is 13.5 Å². The Morgan fingerprint density at radius 1 is 1.37 bits per heavy atom. The number of aromatic nitrogens is 4. The van der Waals surface area contributed by atoms with Crippen LogP contribution in [-0.4, -0.2) is 25.2 Å². The number of rotatable bonds is 6. The molecule has 0 saturated carbocycles. The van der Waals surface area contributed by atoms with E-state index < -0.39 is 0 Å². The van der Waals surface area contributed by atoms with Crippen molar-refractivity contribution in [1.82, 2.24) is 19.3 Å². The molecule has 0 aromatic carbocycles. The van der Waals surface area contributed by atoms with Gasteiger partial charge in [-0.25, -0.2) is 4.98 Å². The van der Waals surface area contributed by atoms with Gasteiger partial charge < -0.3 is 4.57 Å². The summed E-state index contributed by atoms with van der Waals surface area (Å²) in [6, 6.07) is 0.443. The minimum atomic E-state index is 0.443. The lowest BCUT2D eigenvalue weighted by molar-refractivity contribution is 0.473. The highest BCUT2D eigenvalue weighted by molar-refractivity contribution is 6.17. The van der Waals surface area contributed by atoms with Gasteiger partial charge in [-0.05, 0) is 20.3 Å². The highest BCUT2D eigenvalue weighted by atomic mass is 35.5. The predicted octanol–water partition coefficient (Wildman–Crippen LogP) is 3.61. The topological polar surface area (TPSA) is 35.6 Å². The third-order valence-electron chi connectivity index (χ3n) is 3.64. The number of aryl methyl sites for hydroxylation is 3. The molecule has 0 aliphatic heterocycles. The molecule has 1 unspecified atom stereocenters. The van der Waals surface area contributed by atoms with Crippen molar-refractivity contribution in [2.75, 3.05) is 5.88 Å². The van der Waals surface area contributed by atoms with E-state index in [1.165, 1.54) is 19.3 Å². The SMILES string of the molecule is CCCCC(C)n1c(CCCl)nc2c(C)nn(C)c21. The summed E-state index contributed by atoms with van der Waals surface area (Å²) in [5.74, 6) is 1.70. The fourth-order valence-corrected chi connectivity index (χ4v) is 2.86. The van der Waals surface area contributed by atoms with E-state index in [1.54, 1.807) is 0 Å². The third kappa shape index (κ3) is 2.64. The van der Waals surface area contributed by atoms with Gasteiger partial charge in [-0.1, -0.05) is 19.8 Å². The van der Waals surface area contributed by atoms with Gasteiger partial charge in [0.05, 0.1) is 5.69 Å². The van der Waals surface area contributed by atoms with E-state index in [0.717, 1.165) is 29.1 Å². The third-order valence-corrected chi connectivity index (χ3v) is 3.83. The number of alkyl halides is 1. The van der Waals surface area contributed by atoms with E-state index in [0.29, 0.717) is 11.9 Å². The Hall–Kier alpha value is -1.03. The highest BCUT2D eigenvalue weighted by Gasteiger charge is 2.20. The van der Waals surface area contributed by atoms with Crippen molar-refractivity contribution in [3.8, 4) is 0 Å². The van der Waals surface area contributed by atoms with E-state index in [2.05, 4.69) is 23.5 Å². The lowest BCUT2D eigenvalue weighted by Gasteiger charge is -2.17. The van der Waals surface area contributed by atoms with Crippen molar-refractivity contribution < 1.29 is 0 Å². The molecule has 0 N–H and O–H groups in total. The summed E-state index contributed by atoms with van der Waals surface area (Å²) in [7, 11) is 1.99. The minimum absolute atomic E-state index is 0.443. The van der Waals surface area contributed by atoms with Crippen molar-refractivity contribution in [2.45, 2.75) is 52.5 Å². The number of halogens is 1. The molecule has 2 aromatic rings. The Bertz CT molecular complexity index is 555. The van der Waals surface area contributed by atoms with E-state index in [1.807, 2.05) is 18.7 Å². The molecular weight excluding hydrogens is 260 g/mol. The molecule has 5 heteroatoms. The molecule has 0 radical (unpaired) electrons. The summed E-state index contributed by atoms with van der Waals surface area (Å²) >= 11 is 5.92. The van der Waals surface area contributed by atoms with Crippen LogP contribution in [0.5, 0.6) is 0 Å². The van der Waals surface area contributed by atoms with Crippen LogP contribution in [0, 0.1) is 6.92 Å². The van der Waals surface area contributed by atoms with Gasteiger partial charge in [-0.2, -0.15) is 5.10 Å². The second-order valence-corrected chi connectivity index (χ2v) is 5.59. The van der Waals surface area contributed by atoms with Crippen molar-refractivity contribution >= 4 is 22.8 Å². The van der Waals surface area contributed by atoms with Gasteiger partial charge in [0.2, 0.25) is 0 Å². The standard InChI is InChI=1S/C14H23ClN4/c1-5-6-7-10(2)19-12(8-9-15)16-13-11(3)17-18(4)14(13)19/h10H,5-9H2,1-4H3. The summed E-state index contributed by atoms with van der Waals surface area (Å²) in [6.45, 7) is 6.50. The first kappa shape index (κ1) is 14.4. The molecule has 2 heterocycles. The quantitative estimate of drug-likeness (QED) is 0.759. The zero-order valence-electron chi connectivity index (χ0n) is 12.3. The Labute approximate surface area is 119 Å². The Morgan fingerprint density at radius 3 is 2.74 bits per heavy atom. The number of nitrogens with zero attached hydrogens (tertiary/aromatic N) is 4. The minimum Gasteiger partial charge on any atom is -0.310 e. The predicted molar refractivity (Wildman–Crippen MR) is 79.9 cm³/mol. The first-order valence-corrected chi connectivity index (χ1v) is 7.60. The van der Waals surface area contributed by atoms with Crippen LogP contribution in [0.15, 0.2) is 0 Å². The second kappa shape index (κ2) is 5.95. The molecular formula is C14H23ClN4. The summed E-state index contributed by atoms with van der Waals surface area (Å²) in [6.07, 6.45) is 4.43. The lowest BCUT2D eigenvalue weighted by Crippen LogP contribution is -2.12. The van der Waals surface area contributed by atoms with Gasteiger partial charge >= 0.3 is 0 Å². The van der Waals surface area contributed by atoms with E-state index in [9.17, 15) is 0 Å². The number of hydrogen-bond acceptors (Lipinski definition) is 2. The van der Waals surface area contributed by atoms with Gasteiger partial charge in [-0.3, -0.25) is 4.68 Å². The van der Waals surface area contributed by atoms with E-state index in [4.69, 9.17) is 16.6 Å². The molecule has 0 bridgehead atoms. The molecule has 0 saturated heterocycles. The summed E-state index contributed by atoms with van der Waals surface area (Å²) in [5.41, 5.74) is 3.14. The molecule has 0 aliphatic rings. The maximum Gasteiger partial charge on any atom is 0.158 e. The number of unbranched alkanes of at least 4 members (excludes halogenated alkanes) is 1. The van der Waals surface area contributed by atoms with Crippen LogP contribution in [0.1, 0.15) is 50.7 Å². The summed E-state index contributed by atoms with van der Waals surface area (Å²) in [4.78, 5) is 4.75. The largest absolute Gasteiger partial charge is 0.310 e. The summed E-state index contributed by atoms with van der Waals surface area (Å²) in [5, 5.41) is 4.48. The van der Waals surface area contributed by atoms with Crippen LogP contribution < -0.4 is 0 Å². The second-order valence-electron chi connectivity index (χ2n) is 5.21. The molecule has 0 spiro atoms. The van der Waals surface area contributed by atoms with Crippen molar-refractivity contribution in [2.24, 2.45) is 7.05 Å². The number of imidazole rings is 1. The number of hydrogen-bond donors (Lipinski definition) is 0. The molecule has 2 rings (SSSR count). The zero-order valence-corrected chi connectivity index (χ0v) is 13.0. The van der Waals surface area contributed by atoms with Crippen molar-refractivity contribution in [3.05, 3.63) is 11.5 Å². The van der Waals surface area contributed by atoms with E-state index >= 15 is 0 Å². The lowest BCUT2D eigenvalue weighted by atomic mass is 10.1. The normalized spacial score (nSPS) is 13.3. The van der Waals surface area contributed by atoms with Crippen molar-refractivity contribution in [1.29, 1.82) is 0 Å². The summed E-state index contributed by atoms with van der Waals surface area (Å²) < 4.78 is 4.27. The van der Waals surface area contributed by atoms with Gasteiger partial charge in [0.25, 0.3) is 0 Å². The fourth-order valence-electron chi connectivity index (χ4n) is 2.69. The first-order chi connectivity index (χ1) is 9.10. The van der Waals surface area contributed by atoms with Gasteiger partial charge in [0.1, 0.15) is 11.3 Å². The van der Waals surface area contributed by atoms with Crippen LogP contribution >= 0.6 is 11.6 Å². The molecule has 2 aromatic heterocycles. The fraction of sp³-hybridized carbons (Fsp3) is 0.714. The van der Waals surface area contributed by atoms with E-state index in [-0.39, 0.29) is 0 Å². The van der Waals surface area contributed by atoms with Gasteiger partial charge in [-0.15, -0.1) is 11.6 Å². The molecule has 0 fully saturated rings. The van der Waals surface area contributed by atoms with Crippen LogP contribution in [0.3, 0.4) is 0 Å². The molecule has 1 atom stereocenters. The molecule has 4 nitrogen and oxygen atoms in total.